The maximum absolute atomic E-state index is 15.6. The van der Waals surface area contributed by atoms with Crippen molar-refractivity contribution in [2.45, 2.75) is 202 Å². The van der Waals surface area contributed by atoms with Crippen molar-refractivity contribution >= 4 is 12.3 Å². The number of aliphatic hydroxyl groups is 5. The van der Waals surface area contributed by atoms with Crippen LogP contribution in [0.25, 0.3) is 0 Å². The molecule has 3 spiro atoms. The minimum absolute atomic E-state index is 0.0975. The van der Waals surface area contributed by atoms with E-state index in [0.29, 0.717) is 81.5 Å². The molecule has 9 nitrogen and oxygen atoms in total. The summed E-state index contributed by atoms with van der Waals surface area (Å²) in [5.41, 5.74) is -3.35. The lowest BCUT2D eigenvalue weighted by atomic mass is 9.32. The molecule has 78 heavy (non-hydrogen) atoms. The van der Waals surface area contributed by atoms with Gasteiger partial charge in [0.2, 0.25) is 0 Å². The van der Waals surface area contributed by atoms with Crippen molar-refractivity contribution in [2.75, 3.05) is 7.05 Å². The second-order valence-corrected chi connectivity index (χ2v) is 29.3. The predicted octanol–water partition coefficient (Wildman–Crippen LogP) is 10.1. The van der Waals surface area contributed by atoms with Crippen LogP contribution in [0.15, 0.2) is 72.3 Å². The van der Waals surface area contributed by atoms with Gasteiger partial charge in [0, 0.05) is 51.7 Å². The smallest absolute Gasteiger partial charge is 0.331 e. The summed E-state index contributed by atoms with van der Waals surface area (Å²) in [6.45, 7) is -0.101. The van der Waals surface area contributed by atoms with Crippen molar-refractivity contribution in [3.05, 3.63) is 94.6 Å². The zero-order valence-electron chi connectivity index (χ0n) is 46.3. The Morgan fingerprint density at radius 1 is 0.795 bits per heavy atom. The molecular formula is C69H87NO8. The molecule has 14 aliphatic rings. The van der Waals surface area contributed by atoms with Gasteiger partial charge in [0.15, 0.2) is 0 Å². The van der Waals surface area contributed by atoms with Crippen molar-refractivity contribution in [1.29, 1.82) is 0 Å². The topological polar surface area (TPSA) is 157 Å². The van der Waals surface area contributed by atoms with Crippen LogP contribution in [0.5, 0.6) is 0 Å². The Kier molecular flexibility index (Phi) is 12.0. The van der Waals surface area contributed by atoms with Gasteiger partial charge in [-0.25, -0.2) is 4.79 Å². The van der Waals surface area contributed by atoms with Gasteiger partial charge in [-0.05, 0) is 210 Å². The van der Waals surface area contributed by atoms with E-state index in [-0.39, 0.29) is 60.5 Å². The Hall–Kier alpha value is -3.62. The molecule has 16 rings (SSSR count). The minimum Gasteiger partial charge on any atom is -0.454 e. The second-order valence-electron chi connectivity index (χ2n) is 29.3. The third-order valence-electron chi connectivity index (χ3n) is 27.1. The van der Waals surface area contributed by atoms with E-state index in [1.165, 1.54) is 31.2 Å². The van der Waals surface area contributed by atoms with Gasteiger partial charge in [-0.1, -0.05) is 105 Å². The van der Waals surface area contributed by atoms with Gasteiger partial charge in [-0.3, -0.25) is 0 Å². The SMILES string of the molecule is CNC1Cc2c(cccc2CO)C#CC2(CCCC2)CC23CCC4C(O)(CC5CC6C(C=CCC6C6CCCC6)CC6C(O)C7(CCC8CC(c9ccccc9)CCC87)CC4(C=O)C56O)C2(O)CC2CC1C1OC(=O)C=C1C23. The molecule has 0 aromatic heterocycles. The fourth-order valence-electron chi connectivity index (χ4n) is 24.4. The highest BCUT2D eigenvalue weighted by molar-refractivity contribution is 5.86. The van der Waals surface area contributed by atoms with Gasteiger partial charge in [0.05, 0.1) is 29.3 Å². The Morgan fingerprint density at radius 3 is 2.40 bits per heavy atom. The van der Waals surface area contributed by atoms with Crippen molar-refractivity contribution in [3.8, 4) is 11.8 Å². The number of aliphatic hydroxyl groups excluding tert-OH is 2. The van der Waals surface area contributed by atoms with Gasteiger partial charge in [0.1, 0.15) is 18.0 Å². The molecule has 21 atom stereocenters. The van der Waals surface area contributed by atoms with Crippen LogP contribution in [0.1, 0.15) is 176 Å². The molecule has 2 aromatic rings. The van der Waals surface area contributed by atoms with Gasteiger partial charge in [-0.2, -0.15) is 0 Å². The zero-order valence-corrected chi connectivity index (χ0v) is 46.3. The number of allylic oxidation sites excluding steroid dienone is 2. The molecule has 0 saturated heterocycles. The van der Waals surface area contributed by atoms with Crippen LogP contribution >= 0.6 is 0 Å². The van der Waals surface area contributed by atoms with Crippen molar-refractivity contribution in [2.24, 2.45) is 92.7 Å². The Labute approximate surface area is 463 Å². The van der Waals surface area contributed by atoms with Crippen LogP contribution in [-0.4, -0.2) is 79.9 Å². The molecule has 9 heteroatoms. The van der Waals surface area contributed by atoms with E-state index in [1.54, 1.807) is 6.08 Å². The van der Waals surface area contributed by atoms with E-state index in [4.69, 9.17) is 4.74 Å². The Morgan fingerprint density at radius 2 is 1.62 bits per heavy atom. The molecule has 2 aromatic carbocycles. The molecule has 0 amide bonds. The van der Waals surface area contributed by atoms with Gasteiger partial charge in [-0.15, -0.1) is 0 Å². The van der Waals surface area contributed by atoms with Crippen molar-refractivity contribution < 1.29 is 39.9 Å². The number of carbonyl (C=O) groups is 2. The number of hydrogen-bond acceptors (Lipinski definition) is 9. The lowest BCUT2D eigenvalue weighted by Crippen LogP contribution is -2.82. The van der Waals surface area contributed by atoms with Crippen molar-refractivity contribution in [1.82, 2.24) is 5.32 Å². The summed E-state index contributed by atoms with van der Waals surface area (Å²) in [7, 11) is 1.98. The molecule has 0 radical (unpaired) electrons. The van der Waals surface area contributed by atoms with Crippen LogP contribution in [0.4, 0.5) is 0 Å². The fourth-order valence-corrected chi connectivity index (χ4v) is 24.4. The zero-order chi connectivity index (χ0) is 53.2. The maximum atomic E-state index is 15.6. The van der Waals surface area contributed by atoms with E-state index < -0.39 is 68.4 Å². The summed E-state index contributed by atoms with van der Waals surface area (Å²) in [6.07, 6.45) is 25.9. The number of aldehydes is 1. The standard InChI is InChI=1S/C69H87NO8/c1-70-57-33-51-43(15-9-17-47(51)37-71)21-26-63(24-7-8-25-63)38-65-28-23-58-66(40-72)39-64(27-22-46-29-44(19-20-55(46)64)41-11-3-2-4-12-41)62(74)56-31-45-16-10-18-50(42-13-5-6-14-42)52(45)32-49(69(56,66)77)36-67(58,75)68(65,76)35-48-30-53(57)61-54(60(48)65)34-59(73)78-61/h2-4,9-12,15-17,34,40,42,44-46,48-50,52-53,55-58,60-62,70-71,74-77H,5-8,13-14,18-20,22-25,27-33,35-39H2,1H3. The van der Waals surface area contributed by atoms with Gasteiger partial charge < -0.3 is 40.4 Å². The molecule has 1 aliphatic heterocycles. The monoisotopic (exact) mass is 1060 g/mol. The highest BCUT2D eigenvalue weighted by Crippen LogP contribution is 2.81. The number of nitrogens with one attached hydrogen (secondary N) is 1. The number of likely N-dealkylation sites (N-methyl/N-ethyl adjacent to an activating group) is 1. The quantitative estimate of drug-likeness (QED) is 0.0743. The normalized spacial score (nSPS) is 49.2. The lowest BCUT2D eigenvalue weighted by molar-refractivity contribution is -0.358. The third-order valence-corrected chi connectivity index (χ3v) is 27.1. The minimum atomic E-state index is -1.77. The number of carbonyl (C=O) groups excluding carboxylic acids is 2. The second kappa shape index (κ2) is 18.2. The number of hydrogen-bond donors (Lipinski definition) is 6. The number of benzene rings is 2. The average Bonchev–Trinajstić information content (AvgIpc) is 4.12. The number of ether oxygens (including phenoxy) is 1. The van der Waals surface area contributed by atoms with E-state index in [1.807, 2.05) is 19.2 Å². The summed E-state index contributed by atoms with van der Waals surface area (Å²) in [6, 6.07) is 16.9. The van der Waals surface area contributed by atoms with Crippen LogP contribution in [0.3, 0.4) is 0 Å². The molecule has 10 fully saturated rings. The molecule has 21 unspecified atom stereocenters. The highest BCUT2D eigenvalue weighted by Gasteiger charge is 2.85. The van der Waals surface area contributed by atoms with Gasteiger partial charge >= 0.3 is 5.97 Å². The van der Waals surface area contributed by atoms with Crippen LogP contribution < -0.4 is 5.32 Å². The van der Waals surface area contributed by atoms with Gasteiger partial charge in [0.25, 0.3) is 0 Å². The van der Waals surface area contributed by atoms with Crippen LogP contribution in [0, 0.1) is 105 Å². The maximum Gasteiger partial charge on any atom is 0.331 e. The summed E-state index contributed by atoms with van der Waals surface area (Å²) < 4.78 is 6.51. The summed E-state index contributed by atoms with van der Waals surface area (Å²) in [5, 5.41) is 73.5. The van der Waals surface area contributed by atoms with Crippen LogP contribution in [-0.2, 0) is 27.4 Å². The molecule has 416 valence electrons. The molecule has 4 bridgehead atoms. The van der Waals surface area contributed by atoms with Crippen molar-refractivity contribution in [3.63, 3.8) is 0 Å². The number of fused-ring (bicyclic) bond motifs is 7. The molecule has 13 aliphatic carbocycles. The average molecular weight is 1060 g/mol. The lowest BCUT2D eigenvalue weighted by Gasteiger charge is -2.74. The first-order valence-electron chi connectivity index (χ1n) is 31.7. The summed E-state index contributed by atoms with van der Waals surface area (Å²) >= 11 is 0. The fraction of sp³-hybridized carbons (Fsp3) is 0.710. The predicted molar refractivity (Wildman–Crippen MR) is 297 cm³/mol. The molecular weight excluding hydrogens is 971 g/mol. The van der Waals surface area contributed by atoms with E-state index in [2.05, 4.69) is 65.7 Å². The number of esters is 1. The number of rotatable bonds is 5. The first-order chi connectivity index (χ1) is 37.8. The largest absolute Gasteiger partial charge is 0.454 e. The molecule has 6 N–H and O–H groups in total. The van der Waals surface area contributed by atoms with E-state index >= 15 is 15.0 Å². The summed E-state index contributed by atoms with van der Waals surface area (Å²) in [5.74, 6) is 7.52. The third kappa shape index (κ3) is 6.77. The molecule has 10 saturated carbocycles. The first kappa shape index (κ1) is 51.3. The molecule has 1 heterocycles. The Bertz CT molecular complexity index is 2860. The first-order valence-corrected chi connectivity index (χ1v) is 31.7. The van der Waals surface area contributed by atoms with Crippen LogP contribution in [0.2, 0.25) is 0 Å². The van der Waals surface area contributed by atoms with E-state index in [0.717, 1.165) is 92.8 Å². The highest BCUT2D eigenvalue weighted by atomic mass is 16.5. The Balaban J connectivity index is 0.915. The van der Waals surface area contributed by atoms with E-state index in [9.17, 15) is 20.1 Å². The summed E-state index contributed by atoms with van der Waals surface area (Å²) in [4.78, 5) is 29.7.